The lowest BCUT2D eigenvalue weighted by Gasteiger charge is -2.27. The van der Waals surface area contributed by atoms with Gasteiger partial charge in [-0.1, -0.05) is 63.3 Å². The van der Waals surface area contributed by atoms with Crippen molar-refractivity contribution < 1.29 is 37.6 Å². The number of hydrogen-bond donors (Lipinski definition) is 1. The fourth-order valence-corrected chi connectivity index (χ4v) is 3.58. The van der Waals surface area contributed by atoms with Crippen molar-refractivity contribution in [3.63, 3.8) is 0 Å². The molecule has 1 unspecified atom stereocenters. The average molecular weight is 506 g/mol. The topological polar surface area (TPSA) is 105 Å². The van der Waals surface area contributed by atoms with Crippen LogP contribution in [-0.4, -0.2) is 69.2 Å². The molecule has 0 spiro atoms. The molecule has 9 heteroatoms. The lowest BCUT2D eigenvalue weighted by atomic mass is 10.1. The van der Waals surface area contributed by atoms with Crippen LogP contribution < -0.4 is 4.89 Å². The maximum Gasteiger partial charge on any atom is 0.305 e. The van der Waals surface area contributed by atoms with Gasteiger partial charge in [-0.3, -0.25) is 9.36 Å². The molecule has 0 aliphatic carbocycles. The van der Waals surface area contributed by atoms with Gasteiger partial charge in [-0.2, -0.15) is 0 Å². The quantitative estimate of drug-likeness (QED) is 0.0758. The van der Waals surface area contributed by atoms with Crippen LogP contribution in [0, 0.1) is 0 Å². The summed E-state index contributed by atoms with van der Waals surface area (Å²) in [6.45, 7) is 1.86. The zero-order valence-electron chi connectivity index (χ0n) is 21.8. The third kappa shape index (κ3) is 24.1. The molecule has 0 aromatic rings. The Balaban J connectivity index is 3.65. The lowest BCUT2D eigenvalue weighted by molar-refractivity contribution is -0.870. The number of esters is 1. The van der Waals surface area contributed by atoms with E-state index in [4.69, 9.17) is 9.26 Å². The van der Waals surface area contributed by atoms with Crippen molar-refractivity contribution in [1.29, 1.82) is 0 Å². The van der Waals surface area contributed by atoms with Crippen LogP contribution in [-0.2, 0) is 23.1 Å². The van der Waals surface area contributed by atoms with E-state index in [1.807, 2.05) is 21.1 Å². The molecule has 0 aromatic carbocycles. The van der Waals surface area contributed by atoms with Crippen molar-refractivity contribution in [3.05, 3.63) is 24.3 Å². The molecule has 0 rings (SSSR count). The number of aliphatic hydroxyl groups excluding tert-OH is 1. The van der Waals surface area contributed by atoms with Crippen LogP contribution in [0.25, 0.3) is 0 Å². The molecule has 0 bridgehead atoms. The van der Waals surface area contributed by atoms with Crippen LogP contribution in [0.3, 0.4) is 0 Å². The third-order valence-electron chi connectivity index (χ3n) is 4.95. The average Bonchev–Trinajstić information content (AvgIpc) is 2.75. The number of rotatable bonds is 22. The first-order valence-corrected chi connectivity index (χ1v) is 14.1. The number of aliphatic hydroxyl groups is 1. The van der Waals surface area contributed by atoms with Gasteiger partial charge in [0, 0.05) is 6.42 Å². The summed E-state index contributed by atoms with van der Waals surface area (Å²) >= 11 is 0. The first-order valence-electron chi connectivity index (χ1n) is 12.6. The van der Waals surface area contributed by atoms with E-state index in [2.05, 4.69) is 35.8 Å². The number of unbranched alkanes of at least 4 members (excludes halogenated alkanes) is 7. The SMILES string of the molecule is CCCC/C=C/C/C=C/CCCCCCCC(=O)OC[C@@H](O)COP(=O)([O-])OCC[N+](C)(C)C. The zero-order valence-corrected chi connectivity index (χ0v) is 22.7. The number of carbonyl (C=O) groups is 1. The number of nitrogens with zero attached hydrogens (tertiary/aromatic N) is 1. The summed E-state index contributed by atoms with van der Waals surface area (Å²) in [5.74, 6) is -0.404. The highest BCUT2D eigenvalue weighted by Gasteiger charge is 2.16. The predicted molar refractivity (Wildman–Crippen MR) is 134 cm³/mol. The fourth-order valence-electron chi connectivity index (χ4n) is 2.84. The van der Waals surface area contributed by atoms with E-state index < -0.39 is 26.5 Å². The Morgan fingerprint density at radius 3 is 2.21 bits per heavy atom. The normalized spacial score (nSPS) is 15.1. The molecule has 0 saturated heterocycles. The van der Waals surface area contributed by atoms with Gasteiger partial charge >= 0.3 is 5.97 Å². The number of allylic oxidation sites excluding steroid dienone is 4. The highest BCUT2D eigenvalue weighted by Crippen LogP contribution is 2.38. The largest absolute Gasteiger partial charge is 0.756 e. The van der Waals surface area contributed by atoms with Gasteiger partial charge < -0.3 is 28.3 Å². The van der Waals surface area contributed by atoms with E-state index in [1.54, 1.807) is 0 Å². The Morgan fingerprint density at radius 2 is 1.56 bits per heavy atom. The summed E-state index contributed by atoms with van der Waals surface area (Å²) in [6, 6.07) is 0. The van der Waals surface area contributed by atoms with Crippen LogP contribution in [0.2, 0.25) is 0 Å². The number of quaternary nitrogens is 1. The van der Waals surface area contributed by atoms with Crippen molar-refractivity contribution in [3.8, 4) is 0 Å². The third-order valence-corrected chi connectivity index (χ3v) is 5.92. The van der Waals surface area contributed by atoms with Gasteiger partial charge in [-0.05, 0) is 32.1 Å². The minimum Gasteiger partial charge on any atom is -0.756 e. The van der Waals surface area contributed by atoms with Gasteiger partial charge in [-0.15, -0.1) is 0 Å². The molecular formula is C25H48NO7P. The van der Waals surface area contributed by atoms with Crippen LogP contribution in [0.4, 0.5) is 0 Å². The Bertz CT molecular complexity index is 617. The predicted octanol–water partition coefficient (Wildman–Crippen LogP) is 4.52. The molecule has 200 valence electrons. The van der Waals surface area contributed by atoms with Gasteiger partial charge in [0.1, 0.15) is 25.9 Å². The summed E-state index contributed by atoms with van der Waals surface area (Å²) in [7, 11) is 1.24. The number of ether oxygens (including phenoxy) is 1. The fraction of sp³-hybridized carbons (Fsp3) is 0.800. The molecular weight excluding hydrogens is 457 g/mol. The molecule has 0 fully saturated rings. The number of phosphoric ester groups is 1. The molecule has 8 nitrogen and oxygen atoms in total. The van der Waals surface area contributed by atoms with Gasteiger partial charge in [-0.25, -0.2) is 0 Å². The van der Waals surface area contributed by atoms with Crippen LogP contribution in [0.15, 0.2) is 24.3 Å². The minimum absolute atomic E-state index is 0.0111. The maximum atomic E-state index is 11.8. The van der Waals surface area contributed by atoms with E-state index in [-0.39, 0.29) is 19.6 Å². The monoisotopic (exact) mass is 505 g/mol. The summed E-state index contributed by atoms with van der Waals surface area (Å²) in [4.78, 5) is 23.4. The highest BCUT2D eigenvalue weighted by atomic mass is 31.2. The molecule has 0 radical (unpaired) electrons. The number of phosphoric acid groups is 1. The van der Waals surface area contributed by atoms with Crippen LogP contribution >= 0.6 is 7.82 Å². The molecule has 0 aromatic heterocycles. The molecule has 0 aliphatic rings. The van der Waals surface area contributed by atoms with Gasteiger partial charge in [0.05, 0.1) is 27.7 Å². The minimum atomic E-state index is -4.49. The van der Waals surface area contributed by atoms with E-state index in [0.29, 0.717) is 11.0 Å². The summed E-state index contributed by atoms with van der Waals surface area (Å²) in [5.41, 5.74) is 0. The smallest absolute Gasteiger partial charge is 0.305 e. The van der Waals surface area contributed by atoms with Gasteiger partial charge in [0.25, 0.3) is 7.82 Å². The Morgan fingerprint density at radius 1 is 0.941 bits per heavy atom. The summed E-state index contributed by atoms with van der Waals surface area (Å²) < 4.78 is 26.6. The second kappa shape index (κ2) is 20.2. The lowest BCUT2D eigenvalue weighted by Crippen LogP contribution is -2.37. The van der Waals surface area contributed by atoms with Crippen molar-refractivity contribution in [1.82, 2.24) is 0 Å². The first kappa shape index (κ1) is 33.0. The summed E-state index contributed by atoms with van der Waals surface area (Å²) in [6.07, 6.45) is 18.8. The van der Waals surface area contributed by atoms with Crippen LogP contribution in [0.5, 0.6) is 0 Å². The molecule has 0 heterocycles. The van der Waals surface area contributed by atoms with E-state index in [9.17, 15) is 19.4 Å². The van der Waals surface area contributed by atoms with Crippen molar-refractivity contribution in [2.24, 2.45) is 0 Å². The molecule has 0 amide bonds. The second-order valence-corrected chi connectivity index (χ2v) is 11.0. The Labute approximate surface area is 207 Å². The van der Waals surface area contributed by atoms with Crippen LogP contribution in [0.1, 0.15) is 77.6 Å². The Kier molecular flexibility index (Phi) is 19.6. The van der Waals surface area contributed by atoms with E-state index in [1.165, 1.54) is 19.3 Å². The maximum absolute atomic E-state index is 11.8. The van der Waals surface area contributed by atoms with Crippen molar-refractivity contribution >= 4 is 13.8 Å². The van der Waals surface area contributed by atoms with Crippen molar-refractivity contribution in [2.45, 2.75) is 83.7 Å². The number of hydrogen-bond acceptors (Lipinski definition) is 7. The first-order chi connectivity index (χ1) is 16.1. The van der Waals surface area contributed by atoms with Crippen molar-refractivity contribution in [2.75, 3.05) is 47.5 Å². The van der Waals surface area contributed by atoms with Gasteiger partial charge in [0.2, 0.25) is 0 Å². The molecule has 2 atom stereocenters. The standard InChI is InChI=1S/C25H48NO7P/c1-5-6-7-8-9-10-11-12-13-14-15-16-17-18-19-25(28)31-22-24(27)23-33-34(29,30)32-21-20-26(2,3)4/h8-9,11-12,24,27H,5-7,10,13-23H2,1-4H3/b9-8+,12-11+/t24-/m1/s1. The van der Waals surface area contributed by atoms with E-state index >= 15 is 0 Å². The molecule has 0 aliphatic heterocycles. The highest BCUT2D eigenvalue weighted by molar-refractivity contribution is 7.45. The molecule has 34 heavy (non-hydrogen) atoms. The Hall–Kier alpha value is -1.02. The summed E-state index contributed by atoms with van der Waals surface area (Å²) in [5, 5.41) is 9.78. The molecule has 1 N–H and O–H groups in total. The number of likely N-dealkylation sites (N-methyl/N-ethyl adjacent to an activating group) is 1. The molecule has 0 saturated carbocycles. The van der Waals surface area contributed by atoms with E-state index in [0.717, 1.165) is 44.9 Å². The number of carbonyl (C=O) groups excluding carboxylic acids is 1. The van der Waals surface area contributed by atoms with Gasteiger partial charge in [0.15, 0.2) is 0 Å². The second-order valence-electron chi connectivity index (χ2n) is 9.55. The zero-order chi connectivity index (χ0) is 25.7.